The number of sulfone groups is 1. The normalized spacial score (nSPS) is 13.7. The van der Waals surface area contributed by atoms with Crippen LogP contribution < -0.4 is 0 Å². The van der Waals surface area contributed by atoms with Crippen molar-refractivity contribution in [2.24, 2.45) is 0 Å². The molecule has 0 aliphatic carbocycles. The van der Waals surface area contributed by atoms with Crippen LogP contribution in [-0.4, -0.2) is 36.1 Å². The van der Waals surface area contributed by atoms with Gasteiger partial charge in [-0.2, -0.15) is 11.8 Å². The van der Waals surface area contributed by atoms with Crippen LogP contribution in [0.15, 0.2) is 18.7 Å². The minimum absolute atomic E-state index is 0.0637. The van der Waals surface area contributed by atoms with E-state index in [9.17, 15) is 8.42 Å². The van der Waals surface area contributed by atoms with Gasteiger partial charge < -0.3 is 0 Å². The van der Waals surface area contributed by atoms with Crippen LogP contribution in [-0.2, 0) is 9.84 Å². The molecule has 0 saturated carbocycles. The van der Waals surface area contributed by atoms with E-state index in [0.717, 1.165) is 11.3 Å². The summed E-state index contributed by atoms with van der Waals surface area (Å²) in [6.45, 7) is 2.00. The van der Waals surface area contributed by atoms with E-state index in [0.29, 0.717) is 0 Å². The minimum Gasteiger partial charge on any atom is -0.244 e. The maximum atomic E-state index is 11.2. The highest BCUT2D eigenvalue weighted by atomic mass is 32.2. The molecule has 15 heavy (non-hydrogen) atoms. The average Bonchev–Trinajstić information content (AvgIpc) is 2.17. The van der Waals surface area contributed by atoms with Crippen LogP contribution >= 0.6 is 11.8 Å². The lowest BCUT2D eigenvalue weighted by atomic mass is 10.3. The molecule has 1 atom stereocenters. The average molecular weight is 246 g/mol. The largest absolute Gasteiger partial charge is 0.244 e. The van der Waals surface area contributed by atoms with Crippen LogP contribution in [0.3, 0.4) is 0 Å². The van der Waals surface area contributed by atoms with Gasteiger partial charge in [0, 0.05) is 29.5 Å². The van der Waals surface area contributed by atoms with Gasteiger partial charge >= 0.3 is 0 Å². The lowest BCUT2D eigenvalue weighted by Crippen LogP contribution is -2.11. The van der Waals surface area contributed by atoms with Gasteiger partial charge in [-0.15, -0.1) is 0 Å². The van der Waals surface area contributed by atoms with Crippen molar-refractivity contribution in [3.05, 3.63) is 24.3 Å². The van der Waals surface area contributed by atoms with Crippen molar-refractivity contribution in [1.82, 2.24) is 9.97 Å². The molecule has 1 aromatic heterocycles. The van der Waals surface area contributed by atoms with Crippen LogP contribution in [0.5, 0.6) is 0 Å². The van der Waals surface area contributed by atoms with Gasteiger partial charge in [0.25, 0.3) is 0 Å². The second-order valence-electron chi connectivity index (χ2n) is 3.21. The standard InChI is InChI=1S/C9H14N2O2S2/c1-3-14-9(6-15(2,12)13)8-4-10-7-11-5-8/h4-5,7,9H,3,6H2,1-2H3. The zero-order valence-corrected chi connectivity index (χ0v) is 10.4. The highest BCUT2D eigenvalue weighted by Gasteiger charge is 2.17. The Labute approximate surface area is 94.4 Å². The fourth-order valence-corrected chi connectivity index (χ4v) is 3.78. The molecule has 6 heteroatoms. The zero-order chi connectivity index (χ0) is 11.3. The first-order valence-electron chi connectivity index (χ1n) is 4.57. The molecule has 1 rings (SSSR count). The third-order valence-electron chi connectivity index (χ3n) is 1.77. The van der Waals surface area contributed by atoms with E-state index in [1.807, 2.05) is 6.92 Å². The van der Waals surface area contributed by atoms with Crippen LogP contribution in [0.25, 0.3) is 0 Å². The summed E-state index contributed by atoms with van der Waals surface area (Å²) >= 11 is 1.60. The van der Waals surface area contributed by atoms with Gasteiger partial charge in [0.05, 0.1) is 5.75 Å². The maximum absolute atomic E-state index is 11.2. The van der Waals surface area contributed by atoms with Crippen LogP contribution in [0.4, 0.5) is 0 Å². The molecule has 4 nitrogen and oxygen atoms in total. The molecule has 0 spiro atoms. The number of aromatic nitrogens is 2. The van der Waals surface area contributed by atoms with E-state index in [2.05, 4.69) is 9.97 Å². The second-order valence-corrected chi connectivity index (χ2v) is 6.87. The Kier molecular flexibility index (Phi) is 4.53. The fourth-order valence-electron chi connectivity index (χ4n) is 1.19. The molecule has 0 amide bonds. The number of rotatable bonds is 5. The second kappa shape index (κ2) is 5.46. The Morgan fingerprint density at radius 1 is 1.40 bits per heavy atom. The number of hydrogen-bond acceptors (Lipinski definition) is 5. The molecule has 1 aromatic rings. The molecule has 1 unspecified atom stereocenters. The summed E-state index contributed by atoms with van der Waals surface area (Å²) in [4.78, 5) is 7.80. The van der Waals surface area contributed by atoms with Gasteiger partial charge in [-0.3, -0.25) is 0 Å². The molecule has 1 heterocycles. The Balaban J connectivity index is 2.84. The summed E-state index contributed by atoms with van der Waals surface area (Å²) < 4.78 is 22.5. The first-order chi connectivity index (χ1) is 7.03. The summed E-state index contributed by atoms with van der Waals surface area (Å²) in [6.07, 6.45) is 6.04. The Morgan fingerprint density at radius 2 is 2.00 bits per heavy atom. The van der Waals surface area contributed by atoms with Crippen LogP contribution in [0, 0.1) is 0 Å². The highest BCUT2D eigenvalue weighted by molar-refractivity contribution is 8.00. The van der Waals surface area contributed by atoms with Crippen molar-refractivity contribution >= 4 is 21.6 Å². The van der Waals surface area contributed by atoms with Gasteiger partial charge in [-0.25, -0.2) is 18.4 Å². The van der Waals surface area contributed by atoms with E-state index in [1.165, 1.54) is 12.6 Å². The minimum atomic E-state index is -2.97. The molecule has 0 fully saturated rings. The van der Waals surface area contributed by atoms with Crippen molar-refractivity contribution in [2.45, 2.75) is 12.2 Å². The summed E-state index contributed by atoms with van der Waals surface area (Å²) in [7, 11) is -2.97. The van der Waals surface area contributed by atoms with Gasteiger partial charge in [0.2, 0.25) is 0 Å². The number of thioether (sulfide) groups is 1. The van der Waals surface area contributed by atoms with Gasteiger partial charge in [0.1, 0.15) is 16.2 Å². The van der Waals surface area contributed by atoms with E-state index >= 15 is 0 Å². The summed E-state index contributed by atoms with van der Waals surface area (Å²) in [5, 5.41) is -0.0637. The van der Waals surface area contributed by atoms with E-state index < -0.39 is 9.84 Å². The van der Waals surface area contributed by atoms with Gasteiger partial charge in [-0.1, -0.05) is 6.92 Å². The smallest absolute Gasteiger partial charge is 0.148 e. The Bertz CT molecular complexity index is 392. The number of hydrogen-bond donors (Lipinski definition) is 0. The van der Waals surface area contributed by atoms with Crippen molar-refractivity contribution in [3.63, 3.8) is 0 Å². The van der Waals surface area contributed by atoms with Crippen molar-refractivity contribution < 1.29 is 8.42 Å². The molecule has 0 aromatic carbocycles. The molecule has 0 N–H and O–H groups in total. The van der Waals surface area contributed by atoms with Gasteiger partial charge in [0.15, 0.2) is 0 Å². The number of nitrogens with zero attached hydrogens (tertiary/aromatic N) is 2. The van der Waals surface area contributed by atoms with Crippen molar-refractivity contribution in [2.75, 3.05) is 17.8 Å². The van der Waals surface area contributed by atoms with E-state index in [1.54, 1.807) is 24.2 Å². The highest BCUT2D eigenvalue weighted by Crippen LogP contribution is 2.28. The molecular weight excluding hydrogens is 232 g/mol. The SMILES string of the molecule is CCSC(CS(C)(=O)=O)c1cncnc1. The van der Waals surface area contributed by atoms with Crippen molar-refractivity contribution in [1.29, 1.82) is 0 Å². The van der Waals surface area contributed by atoms with E-state index in [4.69, 9.17) is 0 Å². The summed E-state index contributed by atoms with van der Waals surface area (Å²) in [6, 6.07) is 0. The molecule has 0 aliphatic heterocycles. The topological polar surface area (TPSA) is 59.9 Å². The third-order valence-corrected chi connectivity index (χ3v) is 4.10. The Hall–Kier alpha value is -0.620. The van der Waals surface area contributed by atoms with Crippen molar-refractivity contribution in [3.8, 4) is 0 Å². The first-order valence-corrected chi connectivity index (χ1v) is 7.68. The lowest BCUT2D eigenvalue weighted by molar-refractivity contribution is 0.600. The molecule has 0 saturated heterocycles. The predicted molar refractivity (Wildman–Crippen MR) is 62.6 cm³/mol. The molecule has 84 valence electrons. The lowest BCUT2D eigenvalue weighted by Gasteiger charge is -2.13. The molecule has 0 bridgehead atoms. The fraction of sp³-hybridized carbons (Fsp3) is 0.556. The van der Waals surface area contributed by atoms with Gasteiger partial charge in [-0.05, 0) is 5.75 Å². The molecule has 0 aliphatic rings. The van der Waals surface area contributed by atoms with E-state index in [-0.39, 0.29) is 11.0 Å². The maximum Gasteiger partial charge on any atom is 0.148 e. The first kappa shape index (κ1) is 12.4. The van der Waals surface area contributed by atoms with Crippen LogP contribution in [0.1, 0.15) is 17.7 Å². The summed E-state index contributed by atoms with van der Waals surface area (Å²) in [5.74, 6) is 1.01. The molecule has 0 radical (unpaired) electrons. The quantitative estimate of drug-likeness (QED) is 0.784. The predicted octanol–water partition coefficient (Wildman–Crippen LogP) is 1.32. The molecular formula is C9H14N2O2S2. The summed E-state index contributed by atoms with van der Waals surface area (Å²) in [5.41, 5.74) is 0.870. The monoisotopic (exact) mass is 246 g/mol. The zero-order valence-electron chi connectivity index (χ0n) is 8.75. The van der Waals surface area contributed by atoms with Crippen LogP contribution in [0.2, 0.25) is 0 Å². The third kappa shape index (κ3) is 4.61. The Morgan fingerprint density at radius 3 is 2.47 bits per heavy atom.